The van der Waals surface area contributed by atoms with E-state index >= 15 is 0 Å². The lowest BCUT2D eigenvalue weighted by atomic mass is 9.94. The van der Waals surface area contributed by atoms with Crippen molar-refractivity contribution >= 4 is 17.2 Å². The third kappa shape index (κ3) is 3.75. The van der Waals surface area contributed by atoms with E-state index in [2.05, 4.69) is 6.58 Å². The molecule has 1 aliphatic rings. The molecule has 4 heteroatoms. The summed E-state index contributed by atoms with van der Waals surface area (Å²) >= 11 is 1.47. The van der Waals surface area contributed by atoms with E-state index in [0.29, 0.717) is 12.6 Å². The van der Waals surface area contributed by atoms with Crippen molar-refractivity contribution in [2.75, 3.05) is 6.54 Å². The van der Waals surface area contributed by atoms with Gasteiger partial charge in [0.05, 0.1) is 4.88 Å². The van der Waals surface area contributed by atoms with Gasteiger partial charge in [-0.25, -0.2) is 4.39 Å². The van der Waals surface area contributed by atoms with Crippen molar-refractivity contribution < 1.29 is 9.18 Å². The van der Waals surface area contributed by atoms with Crippen LogP contribution in [-0.2, 0) is 0 Å². The molecule has 1 aromatic carbocycles. The Morgan fingerprint density at radius 3 is 2.54 bits per heavy atom. The summed E-state index contributed by atoms with van der Waals surface area (Å²) in [4.78, 5) is 16.7. The SMILES string of the molecule is C=CCN(C(=O)c1ccc(-c2ccc(F)cc2)s1)C1CCCCC1. The first-order valence-electron chi connectivity index (χ1n) is 8.46. The summed E-state index contributed by atoms with van der Waals surface area (Å²) in [5.74, 6) is -0.166. The number of amides is 1. The number of carbonyl (C=O) groups is 1. The molecule has 1 fully saturated rings. The number of thiophene rings is 1. The summed E-state index contributed by atoms with van der Waals surface area (Å²) in [6.07, 6.45) is 7.61. The molecule has 0 saturated heterocycles. The Morgan fingerprint density at radius 2 is 1.88 bits per heavy atom. The molecule has 3 rings (SSSR count). The molecule has 126 valence electrons. The number of rotatable bonds is 5. The molecular weight excluding hydrogens is 321 g/mol. The lowest BCUT2D eigenvalue weighted by Crippen LogP contribution is -2.41. The average molecular weight is 343 g/mol. The topological polar surface area (TPSA) is 20.3 Å². The lowest BCUT2D eigenvalue weighted by molar-refractivity contribution is 0.0668. The smallest absolute Gasteiger partial charge is 0.264 e. The maximum atomic E-state index is 13.1. The van der Waals surface area contributed by atoms with Crippen LogP contribution in [0.3, 0.4) is 0 Å². The first-order valence-corrected chi connectivity index (χ1v) is 9.28. The van der Waals surface area contributed by atoms with Crippen LogP contribution in [0, 0.1) is 5.82 Å². The first-order chi connectivity index (χ1) is 11.7. The van der Waals surface area contributed by atoms with Crippen LogP contribution in [0.15, 0.2) is 49.1 Å². The van der Waals surface area contributed by atoms with Crippen molar-refractivity contribution in [2.24, 2.45) is 0 Å². The Bertz CT molecular complexity index is 701. The maximum Gasteiger partial charge on any atom is 0.264 e. The van der Waals surface area contributed by atoms with Gasteiger partial charge in [-0.2, -0.15) is 0 Å². The van der Waals surface area contributed by atoms with Crippen LogP contribution in [0.2, 0.25) is 0 Å². The van der Waals surface area contributed by atoms with Gasteiger partial charge in [-0.05, 0) is 42.7 Å². The second kappa shape index (κ2) is 7.75. The number of hydrogen-bond donors (Lipinski definition) is 0. The molecule has 0 radical (unpaired) electrons. The van der Waals surface area contributed by atoms with Gasteiger partial charge in [-0.1, -0.05) is 37.5 Å². The van der Waals surface area contributed by atoms with E-state index in [-0.39, 0.29) is 11.7 Å². The van der Waals surface area contributed by atoms with E-state index in [9.17, 15) is 9.18 Å². The summed E-state index contributed by atoms with van der Waals surface area (Å²) in [6, 6.07) is 10.5. The molecule has 0 spiro atoms. The van der Waals surface area contributed by atoms with Gasteiger partial charge in [-0.15, -0.1) is 17.9 Å². The molecule has 0 unspecified atom stereocenters. The van der Waals surface area contributed by atoms with Gasteiger partial charge in [-0.3, -0.25) is 4.79 Å². The minimum Gasteiger partial charge on any atom is -0.331 e. The molecule has 0 aliphatic heterocycles. The van der Waals surface area contributed by atoms with Crippen LogP contribution in [-0.4, -0.2) is 23.4 Å². The predicted octanol–water partition coefficient (Wildman–Crippen LogP) is 5.52. The number of halogens is 1. The van der Waals surface area contributed by atoms with Gasteiger partial charge >= 0.3 is 0 Å². The molecule has 0 N–H and O–H groups in total. The number of nitrogens with zero attached hydrogens (tertiary/aromatic N) is 1. The lowest BCUT2D eigenvalue weighted by Gasteiger charge is -2.33. The fraction of sp³-hybridized carbons (Fsp3) is 0.350. The number of benzene rings is 1. The zero-order valence-electron chi connectivity index (χ0n) is 13.7. The normalized spacial score (nSPS) is 15.2. The summed E-state index contributed by atoms with van der Waals surface area (Å²) < 4.78 is 13.1. The largest absolute Gasteiger partial charge is 0.331 e. The van der Waals surface area contributed by atoms with Crippen LogP contribution in [0.25, 0.3) is 10.4 Å². The quantitative estimate of drug-likeness (QED) is 0.655. The Labute approximate surface area is 146 Å². The minimum atomic E-state index is -0.249. The van der Waals surface area contributed by atoms with Crippen LogP contribution >= 0.6 is 11.3 Å². The molecule has 24 heavy (non-hydrogen) atoms. The van der Waals surface area contributed by atoms with Crippen molar-refractivity contribution in [3.63, 3.8) is 0 Å². The zero-order chi connectivity index (χ0) is 16.9. The van der Waals surface area contributed by atoms with E-state index in [0.717, 1.165) is 28.2 Å². The zero-order valence-corrected chi connectivity index (χ0v) is 14.5. The molecule has 2 aromatic rings. The Morgan fingerprint density at radius 1 is 1.17 bits per heavy atom. The highest BCUT2D eigenvalue weighted by Crippen LogP contribution is 2.31. The Hall–Kier alpha value is -1.94. The molecule has 1 saturated carbocycles. The van der Waals surface area contributed by atoms with Gasteiger partial charge in [0.15, 0.2) is 0 Å². The van der Waals surface area contributed by atoms with Gasteiger partial charge in [0.1, 0.15) is 5.82 Å². The van der Waals surface area contributed by atoms with Crippen molar-refractivity contribution in [1.29, 1.82) is 0 Å². The van der Waals surface area contributed by atoms with Gasteiger partial charge < -0.3 is 4.90 Å². The molecule has 2 nitrogen and oxygen atoms in total. The molecule has 0 bridgehead atoms. The third-order valence-corrected chi connectivity index (χ3v) is 5.67. The highest BCUT2D eigenvalue weighted by molar-refractivity contribution is 7.17. The maximum absolute atomic E-state index is 13.1. The molecule has 1 heterocycles. The first kappa shape index (κ1) is 16.9. The second-order valence-electron chi connectivity index (χ2n) is 6.21. The highest BCUT2D eigenvalue weighted by atomic mass is 32.1. The molecule has 1 aromatic heterocycles. The third-order valence-electron chi connectivity index (χ3n) is 4.55. The summed E-state index contributed by atoms with van der Waals surface area (Å²) in [6.45, 7) is 4.40. The van der Waals surface area contributed by atoms with E-state index in [1.807, 2.05) is 17.0 Å². The molecule has 1 aliphatic carbocycles. The van der Waals surface area contributed by atoms with Gasteiger partial charge in [0, 0.05) is 17.5 Å². The predicted molar refractivity (Wildman–Crippen MR) is 97.8 cm³/mol. The fourth-order valence-electron chi connectivity index (χ4n) is 3.29. The molecular formula is C20H22FNOS. The van der Waals surface area contributed by atoms with E-state index in [1.54, 1.807) is 18.2 Å². The minimum absolute atomic E-state index is 0.0835. The van der Waals surface area contributed by atoms with Crippen molar-refractivity contribution in [3.05, 3.63) is 59.7 Å². The van der Waals surface area contributed by atoms with Crippen molar-refractivity contribution in [3.8, 4) is 10.4 Å². The molecule has 1 amide bonds. The van der Waals surface area contributed by atoms with E-state index < -0.39 is 0 Å². The number of carbonyl (C=O) groups excluding carboxylic acids is 1. The van der Waals surface area contributed by atoms with Crippen molar-refractivity contribution in [1.82, 2.24) is 4.90 Å². The molecule has 0 atom stereocenters. The van der Waals surface area contributed by atoms with E-state index in [1.165, 1.54) is 42.7 Å². The standard InChI is InChI=1S/C20H22FNOS/c1-2-14-22(17-6-4-3-5-7-17)20(23)19-13-12-18(24-19)15-8-10-16(21)11-9-15/h2,8-13,17H,1,3-7,14H2. The van der Waals surface area contributed by atoms with Crippen molar-refractivity contribution in [2.45, 2.75) is 38.1 Å². The summed E-state index contributed by atoms with van der Waals surface area (Å²) in [5.41, 5.74) is 0.938. The van der Waals surface area contributed by atoms with Crippen LogP contribution < -0.4 is 0 Å². The monoisotopic (exact) mass is 343 g/mol. The number of hydrogen-bond acceptors (Lipinski definition) is 2. The summed E-state index contributed by atoms with van der Waals surface area (Å²) in [5, 5.41) is 0. The average Bonchev–Trinajstić information content (AvgIpc) is 3.10. The summed E-state index contributed by atoms with van der Waals surface area (Å²) in [7, 11) is 0. The van der Waals surface area contributed by atoms with Crippen LogP contribution in [0.5, 0.6) is 0 Å². The highest BCUT2D eigenvalue weighted by Gasteiger charge is 2.26. The Kier molecular flexibility index (Phi) is 5.46. The fourth-order valence-corrected chi connectivity index (χ4v) is 4.26. The van der Waals surface area contributed by atoms with Crippen LogP contribution in [0.1, 0.15) is 41.8 Å². The van der Waals surface area contributed by atoms with E-state index in [4.69, 9.17) is 0 Å². The Balaban J connectivity index is 1.80. The van der Waals surface area contributed by atoms with Crippen LogP contribution in [0.4, 0.5) is 4.39 Å². The van der Waals surface area contributed by atoms with Gasteiger partial charge in [0.2, 0.25) is 0 Å². The second-order valence-corrected chi connectivity index (χ2v) is 7.29. The van der Waals surface area contributed by atoms with Gasteiger partial charge in [0.25, 0.3) is 5.91 Å².